The van der Waals surface area contributed by atoms with E-state index in [1.54, 1.807) is 0 Å². The van der Waals surface area contributed by atoms with Crippen LogP contribution in [0.25, 0.3) is 49.7 Å². The second-order valence-corrected chi connectivity index (χ2v) is 11.1. The minimum Gasteiger partial charge on any atom is -0.310 e. The summed E-state index contributed by atoms with van der Waals surface area (Å²) in [7, 11) is 0. The second-order valence-electron chi connectivity index (χ2n) is 11.1. The molecule has 2 nitrogen and oxygen atoms in total. The van der Waals surface area contributed by atoms with E-state index in [2.05, 4.69) is 191 Å². The number of fused-ring (bicyclic) bond motifs is 3. The third kappa shape index (κ3) is 4.63. The highest BCUT2D eigenvalue weighted by atomic mass is 15.1. The summed E-state index contributed by atoms with van der Waals surface area (Å²) in [6.45, 7) is 0. The van der Waals surface area contributed by atoms with Crippen LogP contribution >= 0.6 is 0 Å². The lowest BCUT2D eigenvalue weighted by Gasteiger charge is -2.25. The second kappa shape index (κ2) is 11.1. The summed E-state index contributed by atoms with van der Waals surface area (Å²) in [5.41, 5.74) is 11.8. The molecule has 208 valence electrons. The van der Waals surface area contributed by atoms with Gasteiger partial charge in [0.2, 0.25) is 0 Å². The van der Waals surface area contributed by atoms with Crippen molar-refractivity contribution in [1.29, 1.82) is 0 Å². The van der Waals surface area contributed by atoms with Gasteiger partial charge in [-0.05, 0) is 82.9 Å². The monoisotopic (exact) mass is 562 g/mol. The van der Waals surface area contributed by atoms with Gasteiger partial charge in [0.25, 0.3) is 0 Å². The summed E-state index contributed by atoms with van der Waals surface area (Å²) in [6.07, 6.45) is 0. The van der Waals surface area contributed by atoms with Crippen LogP contribution < -0.4 is 4.90 Å². The lowest BCUT2D eigenvalue weighted by molar-refractivity contribution is 1.18. The fourth-order valence-corrected chi connectivity index (χ4v) is 6.27. The van der Waals surface area contributed by atoms with Crippen LogP contribution in [0.15, 0.2) is 182 Å². The van der Waals surface area contributed by atoms with Crippen molar-refractivity contribution in [3.05, 3.63) is 182 Å². The van der Waals surface area contributed by atoms with E-state index in [0.29, 0.717) is 0 Å². The summed E-state index contributed by atoms with van der Waals surface area (Å²) in [5, 5.41) is 2.47. The van der Waals surface area contributed by atoms with Crippen molar-refractivity contribution < 1.29 is 0 Å². The minimum absolute atomic E-state index is 1.12. The van der Waals surface area contributed by atoms with Gasteiger partial charge in [0.05, 0.1) is 11.0 Å². The van der Waals surface area contributed by atoms with Crippen LogP contribution in [0.5, 0.6) is 0 Å². The summed E-state index contributed by atoms with van der Waals surface area (Å²) in [6, 6.07) is 65.0. The van der Waals surface area contributed by atoms with E-state index in [4.69, 9.17) is 0 Å². The predicted molar refractivity (Wildman–Crippen MR) is 186 cm³/mol. The van der Waals surface area contributed by atoms with Gasteiger partial charge in [-0.15, -0.1) is 0 Å². The van der Waals surface area contributed by atoms with Crippen LogP contribution in [0.3, 0.4) is 0 Å². The van der Waals surface area contributed by atoms with Crippen molar-refractivity contribution in [1.82, 2.24) is 4.57 Å². The molecule has 0 aliphatic heterocycles. The number of rotatable bonds is 6. The lowest BCUT2D eigenvalue weighted by Crippen LogP contribution is -2.09. The molecule has 0 saturated heterocycles. The van der Waals surface area contributed by atoms with Gasteiger partial charge in [-0.1, -0.05) is 121 Å². The topological polar surface area (TPSA) is 8.17 Å². The summed E-state index contributed by atoms with van der Waals surface area (Å²) < 4.78 is 2.39. The van der Waals surface area contributed by atoms with Gasteiger partial charge in [-0.3, -0.25) is 0 Å². The van der Waals surface area contributed by atoms with Crippen molar-refractivity contribution in [2.24, 2.45) is 0 Å². The Labute approximate surface area is 257 Å². The number of para-hydroxylation sites is 3. The Kier molecular flexibility index (Phi) is 6.51. The Morgan fingerprint density at radius 1 is 0.318 bits per heavy atom. The lowest BCUT2D eigenvalue weighted by atomic mass is 9.99. The van der Waals surface area contributed by atoms with E-state index in [0.717, 1.165) is 22.7 Å². The molecule has 0 spiro atoms. The largest absolute Gasteiger partial charge is 0.310 e. The number of aromatic nitrogens is 1. The zero-order valence-corrected chi connectivity index (χ0v) is 24.2. The average Bonchev–Trinajstić information content (AvgIpc) is 3.43. The molecule has 2 heteroatoms. The van der Waals surface area contributed by atoms with Crippen molar-refractivity contribution in [2.75, 3.05) is 4.90 Å². The molecule has 1 aromatic heterocycles. The maximum Gasteiger partial charge on any atom is 0.0561 e. The molecule has 0 fully saturated rings. The molecule has 0 aliphatic rings. The number of anilines is 3. The van der Waals surface area contributed by atoms with Crippen LogP contribution in [0.4, 0.5) is 17.1 Å². The first-order chi connectivity index (χ1) is 21.8. The molecule has 0 aliphatic carbocycles. The molecule has 0 saturated carbocycles. The molecule has 7 aromatic carbocycles. The average molecular weight is 563 g/mol. The van der Waals surface area contributed by atoms with E-state index in [1.165, 1.54) is 44.1 Å². The zero-order chi connectivity index (χ0) is 29.3. The Morgan fingerprint density at radius 2 is 0.818 bits per heavy atom. The molecule has 0 radical (unpaired) electrons. The normalized spacial score (nSPS) is 11.2. The van der Waals surface area contributed by atoms with Gasteiger partial charge in [-0.25, -0.2) is 0 Å². The smallest absolute Gasteiger partial charge is 0.0561 e. The SMILES string of the molecule is c1ccc(-c2ccc(-c3ccc4c(c3)c3ccc(N(c5ccccc5)c5ccccc5)cc3n4-c3ccccc3)cc2)cc1. The van der Waals surface area contributed by atoms with Crippen LogP contribution in [0.2, 0.25) is 0 Å². The first kappa shape index (κ1) is 25.8. The van der Waals surface area contributed by atoms with E-state index in [1.807, 2.05) is 0 Å². The Balaban J connectivity index is 1.30. The highest BCUT2D eigenvalue weighted by Crippen LogP contribution is 2.40. The molecule has 0 atom stereocenters. The van der Waals surface area contributed by atoms with E-state index >= 15 is 0 Å². The quantitative estimate of drug-likeness (QED) is 0.196. The summed E-state index contributed by atoms with van der Waals surface area (Å²) >= 11 is 0. The van der Waals surface area contributed by atoms with Gasteiger partial charge in [-0.2, -0.15) is 0 Å². The van der Waals surface area contributed by atoms with Crippen LogP contribution in [0, 0.1) is 0 Å². The fourth-order valence-electron chi connectivity index (χ4n) is 6.27. The maximum atomic E-state index is 2.39. The first-order valence-corrected chi connectivity index (χ1v) is 15.0. The molecule has 0 N–H and O–H groups in total. The van der Waals surface area contributed by atoms with Crippen molar-refractivity contribution in [3.63, 3.8) is 0 Å². The Hall–Kier alpha value is -5.86. The summed E-state index contributed by atoms with van der Waals surface area (Å²) in [5.74, 6) is 0. The fraction of sp³-hybridized carbons (Fsp3) is 0. The van der Waals surface area contributed by atoms with Crippen LogP contribution in [-0.4, -0.2) is 4.57 Å². The Morgan fingerprint density at radius 3 is 1.43 bits per heavy atom. The number of nitrogens with zero attached hydrogens (tertiary/aromatic N) is 2. The van der Waals surface area contributed by atoms with E-state index in [-0.39, 0.29) is 0 Å². The molecule has 0 unspecified atom stereocenters. The van der Waals surface area contributed by atoms with Crippen LogP contribution in [0.1, 0.15) is 0 Å². The van der Waals surface area contributed by atoms with Crippen LogP contribution in [-0.2, 0) is 0 Å². The van der Waals surface area contributed by atoms with Gasteiger partial charge in [0.15, 0.2) is 0 Å². The highest BCUT2D eigenvalue weighted by molar-refractivity contribution is 6.11. The Bertz CT molecular complexity index is 2140. The molecule has 0 bridgehead atoms. The standard InChI is InChI=1S/C42H30N2/c1-5-13-31(14-6-1)32-21-23-33(24-22-32)34-25-28-41-40(29-34)39-27-26-38(30-42(39)44(41)37-19-11-4-12-20-37)43(35-15-7-2-8-16-35)36-17-9-3-10-18-36/h1-30H. The molecule has 8 aromatic rings. The van der Waals surface area contributed by atoms with Gasteiger partial charge in [0.1, 0.15) is 0 Å². The highest BCUT2D eigenvalue weighted by Gasteiger charge is 2.18. The minimum atomic E-state index is 1.12. The third-order valence-electron chi connectivity index (χ3n) is 8.38. The summed E-state index contributed by atoms with van der Waals surface area (Å²) in [4.78, 5) is 2.33. The third-order valence-corrected chi connectivity index (χ3v) is 8.38. The van der Waals surface area contributed by atoms with Gasteiger partial charge >= 0.3 is 0 Å². The number of hydrogen-bond acceptors (Lipinski definition) is 1. The first-order valence-electron chi connectivity index (χ1n) is 15.0. The van der Waals surface area contributed by atoms with Crippen molar-refractivity contribution >= 4 is 38.9 Å². The molecule has 1 heterocycles. The molecule has 0 amide bonds. The molecular weight excluding hydrogens is 532 g/mol. The van der Waals surface area contributed by atoms with Crippen molar-refractivity contribution in [3.8, 4) is 27.9 Å². The molecule has 8 rings (SSSR count). The predicted octanol–water partition coefficient (Wildman–Crippen LogP) is 11.6. The number of hydrogen-bond donors (Lipinski definition) is 0. The molecule has 44 heavy (non-hydrogen) atoms. The van der Waals surface area contributed by atoms with Gasteiger partial charge < -0.3 is 9.47 Å². The van der Waals surface area contributed by atoms with Crippen molar-refractivity contribution in [2.45, 2.75) is 0 Å². The number of benzene rings is 7. The molecular formula is C42H30N2. The maximum absolute atomic E-state index is 2.39. The van der Waals surface area contributed by atoms with Gasteiger partial charge in [0, 0.05) is 33.5 Å². The van der Waals surface area contributed by atoms with E-state index < -0.39 is 0 Å². The zero-order valence-electron chi connectivity index (χ0n) is 24.2. The van der Waals surface area contributed by atoms with E-state index in [9.17, 15) is 0 Å².